The molecule has 0 bridgehead atoms. The molecular weight excluding hydrogens is 262 g/mol. The molecule has 2 aromatic rings. The van der Waals surface area contributed by atoms with Gasteiger partial charge in [0, 0.05) is 39.7 Å². The molecule has 1 atom stereocenters. The van der Waals surface area contributed by atoms with Crippen LogP contribution in [0.2, 0.25) is 0 Å². The van der Waals surface area contributed by atoms with Crippen molar-refractivity contribution in [1.29, 1.82) is 0 Å². The largest absolute Gasteiger partial charge is 0.382 e. The molecule has 6 heteroatoms. The third kappa shape index (κ3) is 2.85. The van der Waals surface area contributed by atoms with E-state index in [1.807, 2.05) is 20.0 Å². The Labute approximate surface area is 115 Å². The molecule has 0 radical (unpaired) electrons. The lowest BCUT2D eigenvalue weighted by Gasteiger charge is -2.12. The van der Waals surface area contributed by atoms with Crippen molar-refractivity contribution >= 4 is 32.8 Å². The van der Waals surface area contributed by atoms with Crippen molar-refractivity contribution in [2.45, 2.75) is 19.9 Å². The topological polar surface area (TPSA) is 67.2 Å². The number of likely N-dealkylation sites (N-methyl/N-ethyl adjacent to an activating group) is 1. The van der Waals surface area contributed by atoms with Gasteiger partial charge >= 0.3 is 0 Å². The Bertz CT molecular complexity index is 609. The van der Waals surface area contributed by atoms with Gasteiger partial charge in [-0.3, -0.25) is 10.1 Å². The fourth-order valence-corrected chi connectivity index (χ4v) is 2.92. The van der Waals surface area contributed by atoms with Gasteiger partial charge in [-0.15, -0.1) is 11.3 Å². The van der Waals surface area contributed by atoms with Crippen molar-refractivity contribution < 1.29 is 4.92 Å². The lowest BCUT2D eigenvalue weighted by Crippen LogP contribution is -2.29. The second kappa shape index (κ2) is 5.54. The molecule has 0 spiro atoms. The number of fused-ring (bicyclic) bond motifs is 1. The summed E-state index contributed by atoms with van der Waals surface area (Å²) in [7, 11) is 1.91. The summed E-state index contributed by atoms with van der Waals surface area (Å²) in [6.45, 7) is 4.90. The van der Waals surface area contributed by atoms with Crippen molar-refractivity contribution in [3.8, 4) is 0 Å². The number of non-ortho nitro benzene ring substituents is 1. The molecule has 19 heavy (non-hydrogen) atoms. The van der Waals surface area contributed by atoms with Crippen LogP contribution >= 0.6 is 11.3 Å². The van der Waals surface area contributed by atoms with Gasteiger partial charge in [0.1, 0.15) is 0 Å². The minimum atomic E-state index is -0.355. The number of nitro benzene ring substituents is 1. The lowest BCUT2D eigenvalue weighted by molar-refractivity contribution is -0.384. The highest BCUT2D eigenvalue weighted by Crippen LogP contribution is 2.37. The van der Waals surface area contributed by atoms with Crippen LogP contribution in [-0.2, 0) is 0 Å². The average Bonchev–Trinajstić information content (AvgIpc) is 2.70. The summed E-state index contributed by atoms with van der Waals surface area (Å²) < 4.78 is 1.07. The molecule has 2 rings (SSSR count). The molecule has 0 saturated heterocycles. The van der Waals surface area contributed by atoms with Gasteiger partial charge in [-0.05, 0) is 27.0 Å². The van der Waals surface area contributed by atoms with Crippen LogP contribution in [-0.4, -0.2) is 24.6 Å². The summed E-state index contributed by atoms with van der Waals surface area (Å²) in [6, 6.07) is 5.36. The number of anilines is 1. The van der Waals surface area contributed by atoms with E-state index >= 15 is 0 Å². The van der Waals surface area contributed by atoms with Crippen molar-refractivity contribution in [3.05, 3.63) is 33.2 Å². The normalized spacial score (nSPS) is 12.6. The number of nitrogens with zero attached hydrogens (tertiary/aromatic N) is 1. The van der Waals surface area contributed by atoms with E-state index in [2.05, 4.69) is 17.6 Å². The van der Waals surface area contributed by atoms with Gasteiger partial charge < -0.3 is 10.6 Å². The summed E-state index contributed by atoms with van der Waals surface area (Å²) in [5.41, 5.74) is 1.14. The van der Waals surface area contributed by atoms with Crippen molar-refractivity contribution in [1.82, 2.24) is 5.32 Å². The Morgan fingerprint density at radius 2 is 2.21 bits per heavy atom. The second-order valence-corrected chi connectivity index (χ2v) is 5.80. The first-order valence-corrected chi connectivity index (χ1v) is 6.93. The number of nitrogens with one attached hydrogen (secondary N) is 2. The smallest absolute Gasteiger partial charge is 0.270 e. The lowest BCUT2D eigenvalue weighted by atomic mass is 10.2. The van der Waals surface area contributed by atoms with Crippen LogP contribution in [0.1, 0.15) is 11.8 Å². The first-order valence-electron chi connectivity index (χ1n) is 6.11. The molecule has 0 aliphatic carbocycles. The number of aryl methyl sites for hydroxylation is 1. The number of hydrogen-bond donors (Lipinski definition) is 2. The molecule has 0 aliphatic heterocycles. The molecule has 2 N–H and O–H groups in total. The van der Waals surface area contributed by atoms with Gasteiger partial charge in [-0.25, -0.2) is 0 Å². The minimum absolute atomic E-state index is 0.134. The Morgan fingerprint density at radius 1 is 1.47 bits per heavy atom. The SMILES string of the molecule is CNC(C)CNc1c(C)sc2ccc([N+](=O)[O-])cc12. The number of hydrogen-bond acceptors (Lipinski definition) is 5. The molecule has 102 valence electrons. The predicted molar refractivity (Wildman–Crippen MR) is 80.2 cm³/mol. The number of nitro groups is 1. The first kappa shape index (κ1) is 13.8. The van der Waals surface area contributed by atoms with Crippen molar-refractivity contribution in [2.24, 2.45) is 0 Å². The van der Waals surface area contributed by atoms with Gasteiger partial charge in [-0.1, -0.05) is 0 Å². The molecule has 0 aliphatic rings. The van der Waals surface area contributed by atoms with Gasteiger partial charge in [0.2, 0.25) is 0 Å². The highest BCUT2D eigenvalue weighted by molar-refractivity contribution is 7.19. The zero-order valence-corrected chi connectivity index (χ0v) is 12.0. The molecule has 1 heterocycles. The van der Waals surface area contributed by atoms with E-state index in [0.717, 1.165) is 27.2 Å². The second-order valence-electron chi connectivity index (χ2n) is 4.54. The Kier molecular flexibility index (Phi) is 4.01. The van der Waals surface area contributed by atoms with E-state index < -0.39 is 0 Å². The highest BCUT2D eigenvalue weighted by atomic mass is 32.1. The zero-order chi connectivity index (χ0) is 14.0. The quantitative estimate of drug-likeness (QED) is 0.652. The van der Waals surface area contributed by atoms with Crippen LogP contribution in [0.3, 0.4) is 0 Å². The maximum absolute atomic E-state index is 10.9. The summed E-state index contributed by atoms with van der Waals surface area (Å²) in [6.07, 6.45) is 0. The Hall–Kier alpha value is -1.66. The third-order valence-corrected chi connectivity index (χ3v) is 4.22. The highest BCUT2D eigenvalue weighted by Gasteiger charge is 2.13. The van der Waals surface area contributed by atoms with Crippen molar-refractivity contribution in [3.63, 3.8) is 0 Å². The fourth-order valence-electron chi connectivity index (χ4n) is 1.90. The number of thiophene rings is 1. The summed E-state index contributed by atoms with van der Waals surface area (Å²) in [5.74, 6) is 0. The summed E-state index contributed by atoms with van der Waals surface area (Å²) in [5, 5.41) is 18.3. The van der Waals surface area contributed by atoms with Gasteiger partial charge in [0.05, 0.1) is 10.6 Å². The van der Waals surface area contributed by atoms with Crippen LogP contribution < -0.4 is 10.6 Å². The molecule has 0 amide bonds. The average molecular weight is 279 g/mol. The van der Waals surface area contributed by atoms with E-state index in [1.165, 1.54) is 0 Å². The van der Waals surface area contributed by atoms with Crippen LogP contribution in [0.15, 0.2) is 18.2 Å². The zero-order valence-electron chi connectivity index (χ0n) is 11.2. The molecule has 1 unspecified atom stereocenters. The molecule has 0 fully saturated rings. The van der Waals surface area contributed by atoms with E-state index in [-0.39, 0.29) is 10.6 Å². The van der Waals surface area contributed by atoms with Gasteiger partial charge in [0.15, 0.2) is 0 Å². The Balaban J connectivity index is 2.38. The van der Waals surface area contributed by atoms with Gasteiger partial charge in [0.25, 0.3) is 5.69 Å². The maximum Gasteiger partial charge on any atom is 0.270 e. The van der Waals surface area contributed by atoms with Crippen LogP contribution in [0.25, 0.3) is 10.1 Å². The fraction of sp³-hybridized carbons (Fsp3) is 0.385. The van der Waals surface area contributed by atoms with Crippen LogP contribution in [0, 0.1) is 17.0 Å². The van der Waals surface area contributed by atoms with Crippen molar-refractivity contribution in [2.75, 3.05) is 18.9 Å². The molecule has 1 aromatic heterocycles. The third-order valence-electron chi connectivity index (χ3n) is 3.14. The van der Waals surface area contributed by atoms with E-state index in [0.29, 0.717) is 6.04 Å². The maximum atomic E-state index is 10.9. The molecule has 1 aromatic carbocycles. The summed E-state index contributed by atoms with van der Waals surface area (Å²) >= 11 is 1.65. The van der Waals surface area contributed by atoms with Gasteiger partial charge in [-0.2, -0.15) is 0 Å². The Morgan fingerprint density at radius 3 is 2.84 bits per heavy atom. The monoisotopic (exact) mass is 279 g/mol. The van der Waals surface area contributed by atoms with E-state index in [4.69, 9.17) is 0 Å². The van der Waals surface area contributed by atoms with E-state index in [9.17, 15) is 10.1 Å². The number of rotatable bonds is 5. The minimum Gasteiger partial charge on any atom is -0.382 e. The van der Waals surface area contributed by atoms with E-state index in [1.54, 1.807) is 23.5 Å². The first-order chi connectivity index (χ1) is 9.02. The molecule has 5 nitrogen and oxygen atoms in total. The standard InChI is InChI=1S/C13H17N3O2S/c1-8(14-3)7-15-13-9(2)19-12-5-4-10(16(17)18)6-11(12)13/h4-6,8,14-15H,7H2,1-3H3. The predicted octanol–water partition coefficient (Wildman–Crippen LogP) is 3.14. The molecular formula is C13H17N3O2S. The summed E-state index contributed by atoms with van der Waals surface area (Å²) in [4.78, 5) is 11.7. The van der Waals surface area contributed by atoms with Crippen LogP contribution in [0.5, 0.6) is 0 Å². The molecule has 0 saturated carbocycles. The van der Waals surface area contributed by atoms with Crippen LogP contribution in [0.4, 0.5) is 11.4 Å². The number of benzene rings is 1.